The Morgan fingerprint density at radius 3 is 1.73 bits per heavy atom. The molecule has 11 N–H and O–H groups in total. The van der Waals surface area contributed by atoms with Crippen molar-refractivity contribution in [3.05, 3.63) is 109 Å². The first-order chi connectivity index (χ1) is 59.9. The first-order valence-corrected chi connectivity index (χ1v) is 43.5. The van der Waals surface area contributed by atoms with Crippen molar-refractivity contribution in [1.82, 2.24) is 67.6 Å². The zero-order valence-electron chi connectivity index (χ0n) is 75.1. The van der Waals surface area contributed by atoms with Crippen LogP contribution in [0.1, 0.15) is 253 Å². The number of unbranched alkanes of at least 4 members (excludes halogenated alkanes) is 3. The molecule has 36 nitrogen and oxygen atoms in total. The van der Waals surface area contributed by atoms with E-state index in [0.717, 1.165) is 17.1 Å². The second kappa shape index (κ2) is 45.7. The van der Waals surface area contributed by atoms with Crippen molar-refractivity contribution in [1.29, 1.82) is 0 Å². The molecule has 1 aliphatic carbocycles. The molecule has 2 aromatic carbocycles. The fraction of sp³-hybridized carbons (Fsp3) is 0.589. The number of amides is 12. The van der Waals surface area contributed by atoms with Crippen molar-refractivity contribution in [2.45, 2.75) is 278 Å². The predicted molar refractivity (Wildman–Crippen MR) is 461 cm³/mol. The number of pyridine rings is 2. The number of esters is 4. The Kier molecular flexibility index (Phi) is 36.3. The van der Waals surface area contributed by atoms with Gasteiger partial charge >= 0.3 is 29.9 Å². The van der Waals surface area contributed by atoms with Crippen LogP contribution >= 0.6 is 0 Å². The van der Waals surface area contributed by atoms with Crippen LogP contribution in [-0.4, -0.2) is 215 Å². The van der Waals surface area contributed by atoms with Crippen molar-refractivity contribution < 1.29 is 110 Å². The quantitative estimate of drug-likeness (QED) is 0.00972. The van der Waals surface area contributed by atoms with E-state index in [1.807, 2.05) is 0 Å². The number of aryl methyl sites for hydroxylation is 1. The summed E-state index contributed by atoms with van der Waals surface area (Å²) in [5.74, 6) is -8.96. The van der Waals surface area contributed by atoms with Gasteiger partial charge in [-0.1, -0.05) is 20.8 Å². The topological polar surface area (TPSA) is 490 Å². The number of nitrogens with zero attached hydrogens (tertiary/aromatic N) is 3. The Bertz CT molecular complexity index is 4820. The first-order valence-electron chi connectivity index (χ1n) is 43.5. The van der Waals surface area contributed by atoms with Crippen LogP contribution in [0.5, 0.6) is 0 Å². The number of nitrogens with one attached hydrogen (secondary N) is 10. The summed E-state index contributed by atoms with van der Waals surface area (Å²) in [6.45, 7) is 24.3. The van der Waals surface area contributed by atoms with E-state index in [1.54, 1.807) is 96.1 Å². The lowest BCUT2D eigenvalue weighted by molar-refractivity contribution is -0.172. The van der Waals surface area contributed by atoms with Crippen LogP contribution in [0.4, 0.5) is 9.18 Å². The summed E-state index contributed by atoms with van der Waals surface area (Å²) in [7, 11) is 0. The highest BCUT2D eigenvalue weighted by Gasteiger charge is 2.47. The molecule has 0 radical (unpaired) electrons. The molecule has 0 saturated heterocycles. The number of ether oxygens (including phenoxy) is 6. The highest BCUT2D eigenvalue weighted by Crippen LogP contribution is 2.46. The number of urea groups is 1. The zero-order valence-corrected chi connectivity index (χ0v) is 75.1. The number of rotatable bonds is 46. The van der Waals surface area contributed by atoms with E-state index in [0.29, 0.717) is 102 Å². The molecule has 4 aliphatic rings. The fourth-order valence-corrected chi connectivity index (χ4v) is 14.9. The Morgan fingerprint density at radius 2 is 1.14 bits per heavy atom. The van der Waals surface area contributed by atoms with E-state index in [2.05, 4.69) is 53.2 Å². The van der Waals surface area contributed by atoms with Crippen molar-refractivity contribution >= 4 is 99.9 Å². The number of hydrogen-bond acceptors (Lipinski definition) is 24. The Balaban J connectivity index is 0.703. The molecule has 0 spiro atoms. The van der Waals surface area contributed by atoms with Gasteiger partial charge in [-0.15, -0.1) is 0 Å². The van der Waals surface area contributed by atoms with Gasteiger partial charge in [0, 0.05) is 104 Å². The zero-order chi connectivity index (χ0) is 93.4. The van der Waals surface area contributed by atoms with Gasteiger partial charge in [0.25, 0.3) is 29.2 Å². The van der Waals surface area contributed by atoms with Crippen molar-refractivity contribution in [2.75, 3.05) is 59.2 Å². The summed E-state index contributed by atoms with van der Waals surface area (Å²) < 4.78 is 50.0. The SMILES string of the molecule is CC[C@]1(O)C(=O)OCc2c1cc1n(c2=O)Cc2c-1nc1cc(F)c(C)c3c1c2[C@H](NC(=O)[C@@H](C)NC(=O)[C@@H](NC(=O)[C@H](CCCCNC(=O)CCOCCOCCNC(=O)c1ccc(C(=O)NCCCCC(=O)NCCCC[C@H](NC(=O)N[C@@H](CCC(=O)OC(C)(C)C)C(=O)OC(C)(C)C)C(=O)OC(C)(C)C)cc1)NC(=O)CCCN1C(=O)C=CC1=O)C(C)C)CC3. The van der Waals surface area contributed by atoms with Gasteiger partial charge in [-0.05, 0) is 213 Å². The lowest BCUT2D eigenvalue weighted by Crippen LogP contribution is -2.58. The van der Waals surface area contributed by atoms with Crippen molar-refractivity contribution in [2.24, 2.45) is 5.92 Å². The predicted octanol–water partition coefficient (Wildman–Crippen LogP) is 5.63. The van der Waals surface area contributed by atoms with Gasteiger partial charge in [-0.25, -0.2) is 28.6 Å². The van der Waals surface area contributed by atoms with Crippen molar-refractivity contribution in [3.63, 3.8) is 0 Å². The average molecular weight is 1780 g/mol. The summed E-state index contributed by atoms with van der Waals surface area (Å²) in [6.07, 6.45) is 5.28. The summed E-state index contributed by atoms with van der Waals surface area (Å²) >= 11 is 0. The molecule has 0 fully saturated rings. The molecule has 127 heavy (non-hydrogen) atoms. The molecule has 0 unspecified atom stereocenters. The van der Waals surface area contributed by atoms with E-state index in [9.17, 15) is 81.8 Å². The normalized spacial score (nSPS) is 16.3. The standard InChI is InChI=1S/C90H124FN13O23/c1-15-90(121)59-47-66-76-57(49-104(66)82(116)58(59)50-124-85(90)119)74-61(32-31-56-52(4)60(91)48-65(98-76)73(56)74)99-77(111)53(5)96-81(115)75(51(2)3)102-80(114)62(97-69(107)26-22-42-103-70(108)34-35-71(103)109)23-16-19-39-93-68(106)37-43-122-45-46-123-44-41-95-79(113)55-29-27-54(28-30-55)78(112)94-40-21-18-25-67(105)92-38-20-17-24-63(83(117)126-88(9,10)11)100-86(120)101-64(84(118)127-89(12,13)14)33-36-72(110)125-87(6,7)8/h27-30,34-35,47-48,51,53,61-64,75,121H,15-26,31-33,36-46,49-50H2,1-14H3,(H,92,105)(H,93,106)(H,94,112)(H,95,113)(H,96,115)(H,97,107)(H,99,111)(H,102,114)(H2,100,101,120)/t53-,61-,62+,63+,64+,75+,90-/m1/s1. The van der Waals surface area contributed by atoms with Gasteiger partial charge in [0.2, 0.25) is 35.4 Å². The molecule has 4 aromatic rings. The monoisotopic (exact) mass is 1770 g/mol. The number of cyclic esters (lactones) is 1. The lowest BCUT2D eigenvalue weighted by Gasteiger charge is -2.31. The number of carbonyl (C=O) groups is 15. The largest absolute Gasteiger partial charge is 0.460 e. The third-order valence-electron chi connectivity index (χ3n) is 21.5. The Labute approximate surface area is 737 Å². The minimum absolute atomic E-state index is 0.00399. The van der Waals surface area contributed by atoms with Crippen LogP contribution in [-0.2, 0) is 111 Å². The summed E-state index contributed by atoms with van der Waals surface area (Å²) in [5.41, 5.74) is -1.20. The maximum atomic E-state index is 15.7. The highest BCUT2D eigenvalue weighted by atomic mass is 19.1. The van der Waals surface area contributed by atoms with E-state index < -0.39 is 147 Å². The van der Waals surface area contributed by atoms with E-state index in [4.69, 9.17) is 33.4 Å². The molecular weight excluding hydrogens is 1650 g/mol. The molecular formula is C90H124FN13O23. The highest BCUT2D eigenvalue weighted by molar-refractivity contribution is 6.13. The minimum atomic E-state index is -2.10. The molecule has 694 valence electrons. The van der Waals surface area contributed by atoms with E-state index in [-0.39, 0.29) is 164 Å². The second-order valence-electron chi connectivity index (χ2n) is 35.4. The Hall–Kier alpha value is -11.6. The number of halogens is 1. The molecule has 2 aromatic heterocycles. The average Bonchev–Trinajstić information content (AvgIpc) is 1.57. The maximum absolute atomic E-state index is 15.7. The molecule has 0 bridgehead atoms. The number of aliphatic hydroxyl groups is 1. The summed E-state index contributed by atoms with van der Waals surface area (Å²) in [5, 5.41) is 39.8. The van der Waals surface area contributed by atoms with Crippen LogP contribution in [0.3, 0.4) is 0 Å². The van der Waals surface area contributed by atoms with Crippen LogP contribution < -0.4 is 58.7 Å². The number of benzene rings is 2. The number of fused-ring (bicyclic) bond motifs is 5. The van der Waals surface area contributed by atoms with Gasteiger partial charge in [0.05, 0.1) is 61.5 Å². The Morgan fingerprint density at radius 1 is 0.591 bits per heavy atom. The smallest absolute Gasteiger partial charge is 0.343 e. The number of carbonyl (C=O) groups excluding carboxylic acids is 15. The molecule has 8 rings (SSSR count). The molecule has 0 saturated carbocycles. The molecule has 37 heteroatoms. The van der Waals surface area contributed by atoms with E-state index >= 15 is 4.39 Å². The molecule has 3 aliphatic heterocycles. The van der Waals surface area contributed by atoms with Gasteiger partial charge < -0.3 is 91.3 Å². The first kappa shape index (κ1) is 101. The van der Waals surface area contributed by atoms with E-state index in [1.165, 1.54) is 41.8 Å². The van der Waals surface area contributed by atoms with Crippen LogP contribution in [0.2, 0.25) is 0 Å². The number of hydrogen-bond donors (Lipinski definition) is 11. The fourth-order valence-electron chi connectivity index (χ4n) is 14.9. The minimum Gasteiger partial charge on any atom is -0.460 e. The van der Waals surface area contributed by atoms with Gasteiger partial charge in [-0.3, -0.25) is 62.4 Å². The third-order valence-corrected chi connectivity index (χ3v) is 21.5. The van der Waals surface area contributed by atoms with Crippen molar-refractivity contribution in [3.8, 4) is 11.4 Å². The van der Waals surface area contributed by atoms with Gasteiger partial charge in [0.15, 0.2) is 5.60 Å². The van der Waals surface area contributed by atoms with Gasteiger partial charge in [-0.2, -0.15) is 0 Å². The van der Waals surface area contributed by atoms with Crippen LogP contribution in [0, 0.1) is 18.7 Å². The number of imide groups is 1. The molecule has 5 heterocycles. The third kappa shape index (κ3) is 29.2. The lowest BCUT2D eigenvalue weighted by atomic mass is 9.81. The molecule has 12 amide bonds. The second-order valence-corrected chi connectivity index (χ2v) is 35.4. The van der Waals surface area contributed by atoms with Crippen LogP contribution in [0.25, 0.3) is 22.3 Å². The maximum Gasteiger partial charge on any atom is 0.343 e. The number of aromatic nitrogens is 2. The van der Waals surface area contributed by atoms with Crippen LogP contribution in [0.15, 0.2) is 53.3 Å². The summed E-state index contributed by atoms with van der Waals surface area (Å²) in [6, 6.07) is 1.32. The molecule has 7 atom stereocenters. The van der Waals surface area contributed by atoms with Gasteiger partial charge in [0.1, 0.15) is 59.4 Å². The summed E-state index contributed by atoms with van der Waals surface area (Å²) in [4.78, 5) is 217.